The van der Waals surface area contributed by atoms with Crippen LogP contribution < -0.4 is 4.74 Å². The van der Waals surface area contributed by atoms with Crippen molar-refractivity contribution in [3.8, 4) is 5.75 Å². The zero-order valence-electron chi connectivity index (χ0n) is 16.1. The van der Waals surface area contributed by atoms with E-state index in [4.69, 9.17) is 4.55 Å². The van der Waals surface area contributed by atoms with Crippen molar-refractivity contribution < 1.29 is 44.0 Å². The molecule has 0 saturated carbocycles. The third-order valence-corrected chi connectivity index (χ3v) is 4.84. The molecule has 0 unspecified atom stereocenters. The van der Waals surface area contributed by atoms with E-state index >= 15 is 0 Å². The molecule has 0 bridgehead atoms. The van der Waals surface area contributed by atoms with Crippen molar-refractivity contribution in [3.63, 3.8) is 0 Å². The van der Waals surface area contributed by atoms with E-state index in [1.54, 1.807) is 47.6 Å². The Hall–Kier alpha value is -1.49. The first kappa shape index (κ1) is 24.5. The maximum Gasteiger partial charge on any atom is 0.472 e. The number of halogens is 6. The molecule has 0 heterocycles. The van der Waals surface area contributed by atoms with Gasteiger partial charge in [-0.1, -0.05) is 47.6 Å². The highest BCUT2D eigenvalue weighted by molar-refractivity contribution is 7.87. The molecule has 0 spiro atoms. The van der Waals surface area contributed by atoms with Crippen molar-refractivity contribution in [3.05, 3.63) is 29.3 Å². The summed E-state index contributed by atoms with van der Waals surface area (Å²) in [5.74, 6) is -7.40. The molecule has 28 heavy (non-hydrogen) atoms. The largest absolute Gasteiger partial charge is 0.472 e. The van der Waals surface area contributed by atoms with E-state index in [1.165, 1.54) is 0 Å². The molecule has 1 rings (SSSR count). The molecule has 162 valence electrons. The standard InChI is InChI=1S/C17H22F6O4S/c1-13(2,3)10-7-11(14(4,5)6)9-12(8-10)27-16(20,21)15(18,19)17(22,23)28(24,25)26/h7-9H,1-6H3,(H,24,25,26). The molecule has 1 N–H and O–H groups in total. The van der Waals surface area contributed by atoms with E-state index in [1.807, 2.05) is 0 Å². The van der Waals surface area contributed by atoms with E-state index in [2.05, 4.69) is 4.74 Å². The summed E-state index contributed by atoms with van der Waals surface area (Å²) in [5, 5.41) is -6.47. The molecule has 0 fully saturated rings. The second-order valence-corrected chi connectivity index (χ2v) is 9.89. The highest BCUT2D eigenvalue weighted by Crippen LogP contribution is 2.49. The summed E-state index contributed by atoms with van der Waals surface area (Å²) < 4.78 is 115. The fourth-order valence-corrected chi connectivity index (χ4v) is 2.51. The van der Waals surface area contributed by atoms with Gasteiger partial charge in [-0.2, -0.15) is 34.8 Å². The van der Waals surface area contributed by atoms with Crippen molar-refractivity contribution in [2.45, 2.75) is 69.7 Å². The van der Waals surface area contributed by atoms with Crippen LogP contribution in [0.15, 0.2) is 18.2 Å². The van der Waals surface area contributed by atoms with Crippen LogP contribution in [0.5, 0.6) is 5.75 Å². The lowest BCUT2D eigenvalue weighted by Crippen LogP contribution is -2.59. The predicted molar refractivity (Wildman–Crippen MR) is 90.9 cm³/mol. The van der Waals surface area contributed by atoms with Gasteiger partial charge >= 0.3 is 27.4 Å². The second kappa shape index (κ2) is 6.79. The van der Waals surface area contributed by atoms with Crippen LogP contribution in [0.3, 0.4) is 0 Å². The van der Waals surface area contributed by atoms with Crippen molar-refractivity contribution >= 4 is 10.1 Å². The molecular formula is C17H22F6O4S. The molecule has 4 nitrogen and oxygen atoms in total. The molecule has 0 aliphatic rings. The second-order valence-electron chi connectivity index (χ2n) is 8.43. The normalized spacial score (nSPS) is 14.9. The lowest BCUT2D eigenvalue weighted by Gasteiger charge is -2.31. The SMILES string of the molecule is CC(C)(C)c1cc(OC(F)(F)C(F)(F)C(F)(F)S(=O)(=O)O)cc(C(C)(C)C)c1. The maximum atomic E-state index is 13.9. The minimum Gasteiger partial charge on any atom is -0.428 e. The maximum absolute atomic E-state index is 13.9. The number of benzene rings is 1. The smallest absolute Gasteiger partial charge is 0.428 e. The Morgan fingerprint density at radius 1 is 0.786 bits per heavy atom. The average molecular weight is 436 g/mol. The van der Waals surface area contributed by atoms with Gasteiger partial charge in [0.15, 0.2) is 0 Å². The van der Waals surface area contributed by atoms with Crippen molar-refractivity contribution in [2.24, 2.45) is 0 Å². The summed E-state index contributed by atoms with van der Waals surface area (Å²) in [5.41, 5.74) is -0.461. The first-order valence-corrected chi connectivity index (χ1v) is 9.43. The summed E-state index contributed by atoms with van der Waals surface area (Å²) >= 11 is 0. The molecule has 0 aromatic heterocycles. The van der Waals surface area contributed by atoms with Crippen LogP contribution in [0.1, 0.15) is 52.7 Å². The van der Waals surface area contributed by atoms with Gasteiger partial charge in [0.25, 0.3) is 0 Å². The quantitative estimate of drug-likeness (QED) is 0.498. The zero-order valence-corrected chi connectivity index (χ0v) is 16.9. The van der Waals surface area contributed by atoms with E-state index in [9.17, 15) is 34.8 Å². The fraction of sp³-hybridized carbons (Fsp3) is 0.647. The molecule has 0 aliphatic heterocycles. The van der Waals surface area contributed by atoms with Gasteiger partial charge in [-0.25, -0.2) is 0 Å². The molecule has 0 radical (unpaired) electrons. The van der Waals surface area contributed by atoms with Gasteiger partial charge in [-0.05, 0) is 34.1 Å². The molecule has 0 amide bonds. The molecule has 0 atom stereocenters. The summed E-state index contributed by atoms with van der Waals surface area (Å²) in [6, 6.07) is 3.59. The lowest BCUT2D eigenvalue weighted by molar-refractivity contribution is -0.353. The zero-order chi connectivity index (χ0) is 22.6. The topological polar surface area (TPSA) is 63.6 Å². The number of ether oxygens (including phenoxy) is 1. The summed E-state index contributed by atoms with van der Waals surface area (Å²) in [4.78, 5) is 0. The van der Waals surface area contributed by atoms with Crippen LogP contribution in [0, 0.1) is 0 Å². The molecule has 1 aromatic carbocycles. The number of rotatable bonds is 5. The van der Waals surface area contributed by atoms with Crippen LogP contribution in [0.25, 0.3) is 0 Å². The summed E-state index contributed by atoms with van der Waals surface area (Å²) in [6.07, 6.45) is -5.95. The fourth-order valence-electron chi connectivity index (χ4n) is 2.07. The van der Waals surface area contributed by atoms with E-state index in [0.717, 1.165) is 12.1 Å². The van der Waals surface area contributed by atoms with E-state index in [0.29, 0.717) is 11.1 Å². The number of alkyl halides is 6. The van der Waals surface area contributed by atoms with Crippen LogP contribution in [0.2, 0.25) is 0 Å². The lowest BCUT2D eigenvalue weighted by atomic mass is 9.80. The average Bonchev–Trinajstić information content (AvgIpc) is 2.42. The Morgan fingerprint density at radius 2 is 1.14 bits per heavy atom. The van der Waals surface area contributed by atoms with Crippen LogP contribution in [-0.2, 0) is 20.9 Å². The van der Waals surface area contributed by atoms with Gasteiger partial charge in [0.2, 0.25) is 0 Å². The van der Waals surface area contributed by atoms with Gasteiger partial charge < -0.3 is 4.74 Å². The highest BCUT2D eigenvalue weighted by Gasteiger charge is 2.79. The molecular weight excluding hydrogens is 414 g/mol. The Bertz CT molecular complexity index is 804. The molecule has 1 aromatic rings. The van der Waals surface area contributed by atoms with Gasteiger partial charge in [0, 0.05) is 0 Å². The van der Waals surface area contributed by atoms with Crippen molar-refractivity contribution in [1.29, 1.82) is 0 Å². The predicted octanol–water partition coefficient (Wildman–Crippen LogP) is 5.37. The Kier molecular flexibility index (Phi) is 5.95. The monoisotopic (exact) mass is 436 g/mol. The minimum absolute atomic E-state index is 0.399. The Morgan fingerprint density at radius 3 is 1.43 bits per heavy atom. The van der Waals surface area contributed by atoms with Crippen LogP contribution in [-0.4, -0.2) is 30.3 Å². The third-order valence-electron chi connectivity index (χ3n) is 3.94. The number of hydrogen-bond donors (Lipinski definition) is 1. The first-order chi connectivity index (χ1) is 12.0. The molecule has 0 aliphatic carbocycles. The van der Waals surface area contributed by atoms with Gasteiger partial charge in [0.1, 0.15) is 5.75 Å². The van der Waals surface area contributed by atoms with E-state index < -0.39 is 44.0 Å². The minimum atomic E-state index is -6.84. The summed E-state index contributed by atoms with van der Waals surface area (Å²) in [6.45, 7) is 10.2. The summed E-state index contributed by atoms with van der Waals surface area (Å²) in [7, 11) is -6.84. The van der Waals surface area contributed by atoms with Crippen LogP contribution in [0.4, 0.5) is 26.3 Å². The molecule has 0 saturated heterocycles. The van der Waals surface area contributed by atoms with Gasteiger partial charge in [0.05, 0.1) is 0 Å². The van der Waals surface area contributed by atoms with Crippen molar-refractivity contribution in [2.75, 3.05) is 0 Å². The Balaban J connectivity index is 3.54. The van der Waals surface area contributed by atoms with Crippen molar-refractivity contribution in [1.82, 2.24) is 0 Å². The number of hydrogen-bond acceptors (Lipinski definition) is 3. The van der Waals surface area contributed by atoms with Gasteiger partial charge in [-0.15, -0.1) is 0 Å². The first-order valence-electron chi connectivity index (χ1n) is 7.99. The molecule has 11 heteroatoms. The van der Waals surface area contributed by atoms with E-state index in [-0.39, 0.29) is 0 Å². The van der Waals surface area contributed by atoms with Gasteiger partial charge in [-0.3, -0.25) is 4.55 Å². The third kappa shape index (κ3) is 4.56. The van der Waals surface area contributed by atoms with Crippen LogP contribution >= 0.6 is 0 Å². The highest BCUT2D eigenvalue weighted by atomic mass is 32.2. The Labute approximate surface area is 159 Å².